The summed E-state index contributed by atoms with van der Waals surface area (Å²) in [5.41, 5.74) is 0. The Morgan fingerprint density at radius 1 is 1.06 bits per heavy atom. The average molecular weight is 238 g/mol. The van der Waals surface area contributed by atoms with E-state index in [0.717, 1.165) is 0 Å². The number of likely N-dealkylation sites (N-methyl/N-ethyl adjacent to an activating group) is 1. The van der Waals surface area contributed by atoms with E-state index in [0.29, 0.717) is 0 Å². The summed E-state index contributed by atoms with van der Waals surface area (Å²) in [5.74, 6) is 1.25. The Morgan fingerprint density at radius 2 is 1.75 bits per heavy atom. The first-order valence-electron chi connectivity index (χ1n) is 6.17. The van der Waals surface area contributed by atoms with Crippen LogP contribution in [0.4, 0.5) is 0 Å². The van der Waals surface area contributed by atoms with Crippen molar-refractivity contribution in [1.82, 2.24) is 0 Å². The van der Waals surface area contributed by atoms with Gasteiger partial charge in [0.2, 0.25) is 0 Å². The lowest BCUT2D eigenvalue weighted by molar-refractivity contribution is -1.00. The van der Waals surface area contributed by atoms with Gasteiger partial charge in [-0.15, -0.1) is 11.8 Å². The Bertz CT molecular complexity index is 294. The molecule has 1 aromatic carbocycles. The molecular weight excluding hydrogens is 216 g/mol. The molecule has 0 spiro atoms. The highest BCUT2D eigenvalue weighted by Crippen LogP contribution is 2.15. The van der Waals surface area contributed by atoms with Gasteiger partial charge < -0.3 is 9.80 Å². The van der Waals surface area contributed by atoms with Gasteiger partial charge in [-0.3, -0.25) is 0 Å². The third-order valence-electron chi connectivity index (χ3n) is 3.28. The second-order valence-electron chi connectivity index (χ2n) is 4.62. The lowest BCUT2D eigenvalue weighted by Gasteiger charge is -2.27. The maximum atomic E-state index is 2.30. The molecule has 1 saturated heterocycles. The Labute approximate surface area is 103 Å². The van der Waals surface area contributed by atoms with Crippen LogP contribution in [0.5, 0.6) is 0 Å². The van der Waals surface area contributed by atoms with Crippen LogP contribution in [0, 0.1) is 0 Å². The maximum absolute atomic E-state index is 2.30. The highest BCUT2D eigenvalue weighted by molar-refractivity contribution is 7.99. The molecule has 2 nitrogen and oxygen atoms in total. The van der Waals surface area contributed by atoms with Crippen molar-refractivity contribution in [2.45, 2.75) is 4.90 Å². The van der Waals surface area contributed by atoms with E-state index < -0.39 is 0 Å². The van der Waals surface area contributed by atoms with Crippen LogP contribution >= 0.6 is 11.8 Å². The summed E-state index contributed by atoms with van der Waals surface area (Å²) in [6.07, 6.45) is 0. The summed E-state index contributed by atoms with van der Waals surface area (Å²) in [6, 6.07) is 10.7. The molecule has 0 aromatic heterocycles. The third-order valence-corrected chi connectivity index (χ3v) is 4.29. The van der Waals surface area contributed by atoms with Crippen molar-refractivity contribution >= 4 is 11.8 Å². The smallest absolute Gasteiger partial charge is 0.127 e. The van der Waals surface area contributed by atoms with Crippen molar-refractivity contribution in [1.29, 1.82) is 0 Å². The van der Waals surface area contributed by atoms with Crippen molar-refractivity contribution in [2.24, 2.45) is 0 Å². The molecule has 1 aliphatic rings. The fraction of sp³-hybridized carbons (Fsp3) is 0.538. The summed E-state index contributed by atoms with van der Waals surface area (Å²) in [6.45, 7) is 6.69. The van der Waals surface area contributed by atoms with Crippen LogP contribution in [0.15, 0.2) is 35.2 Å². The van der Waals surface area contributed by atoms with Crippen molar-refractivity contribution in [3.05, 3.63) is 30.3 Å². The van der Waals surface area contributed by atoms with E-state index in [2.05, 4.69) is 37.4 Å². The number of thioether (sulfide) groups is 1. The minimum absolute atomic E-state index is 1.25. The zero-order valence-electron chi connectivity index (χ0n) is 10.0. The highest BCUT2D eigenvalue weighted by Gasteiger charge is 2.18. The minimum Gasteiger partial charge on any atom is -0.328 e. The van der Waals surface area contributed by atoms with Crippen LogP contribution in [-0.4, -0.2) is 45.5 Å². The predicted octanol–water partition coefficient (Wildman–Crippen LogP) is -0.808. The molecule has 0 amide bonds. The molecule has 0 atom stereocenters. The van der Waals surface area contributed by atoms with Crippen molar-refractivity contribution in [3.63, 3.8) is 0 Å². The summed E-state index contributed by atoms with van der Waals surface area (Å²) in [7, 11) is 2.30. The number of piperazine rings is 1. The molecule has 0 aliphatic carbocycles. The van der Waals surface area contributed by atoms with Gasteiger partial charge in [0.05, 0.1) is 13.6 Å². The topological polar surface area (TPSA) is 8.88 Å². The average Bonchev–Trinajstić information content (AvgIpc) is 2.33. The van der Waals surface area contributed by atoms with Crippen molar-refractivity contribution in [2.75, 3.05) is 45.5 Å². The lowest BCUT2D eigenvalue weighted by Crippen LogP contribution is -3.27. The summed E-state index contributed by atoms with van der Waals surface area (Å²) < 4.78 is 0. The standard InChI is InChI=1S/C13H20N2S/c1-14-7-9-15(10-8-14)11-12-16-13-5-3-2-4-6-13/h2-6H,7-12H2,1H3/p+2. The number of nitrogens with one attached hydrogen (secondary N) is 2. The number of benzene rings is 1. The Hall–Kier alpha value is -0.510. The summed E-state index contributed by atoms with van der Waals surface area (Å²) in [5, 5.41) is 0. The van der Waals surface area contributed by atoms with Crippen LogP contribution in [0.25, 0.3) is 0 Å². The second-order valence-corrected chi connectivity index (χ2v) is 5.79. The van der Waals surface area contributed by atoms with Crippen molar-refractivity contribution in [3.8, 4) is 0 Å². The van der Waals surface area contributed by atoms with E-state index in [1.165, 1.54) is 43.4 Å². The maximum Gasteiger partial charge on any atom is 0.127 e. The van der Waals surface area contributed by atoms with Gasteiger partial charge in [0.1, 0.15) is 26.2 Å². The van der Waals surface area contributed by atoms with Crippen LogP contribution in [0.3, 0.4) is 0 Å². The normalized spacial score (nSPS) is 25.6. The number of hydrogen-bond acceptors (Lipinski definition) is 1. The molecule has 0 saturated carbocycles. The fourth-order valence-corrected chi connectivity index (χ4v) is 3.09. The predicted molar refractivity (Wildman–Crippen MR) is 69.4 cm³/mol. The van der Waals surface area contributed by atoms with Crippen LogP contribution < -0.4 is 9.80 Å². The summed E-state index contributed by atoms with van der Waals surface area (Å²) in [4.78, 5) is 4.88. The molecule has 1 heterocycles. The first-order valence-corrected chi connectivity index (χ1v) is 7.16. The first kappa shape index (κ1) is 12.0. The van der Waals surface area contributed by atoms with Gasteiger partial charge in [-0.2, -0.15) is 0 Å². The summed E-state index contributed by atoms with van der Waals surface area (Å²) >= 11 is 1.99. The van der Waals surface area contributed by atoms with Crippen molar-refractivity contribution < 1.29 is 9.80 Å². The minimum atomic E-state index is 1.25. The van der Waals surface area contributed by atoms with E-state index in [1.807, 2.05) is 11.8 Å². The molecule has 0 unspecified atom stereocenters. The van der Waals surface area contributed by atoms with Gasteiger partial charge in [0.25, 0.3) is 0 Å². The van der Waals surface area contributed by atoms with Gasteiger partial charge in [-0.25, -0.2) is 0 Å². The third kappa shape index (κ3) is 3.81. The molecule has 0 radical (unpaired) electrons. The van der Waals surface area contributed by atoms with E-state index in [4.69, 9.17) is 0 Å². The second kappa shape index (κ2) is 6.28. The Kier molecular flexibility index (Phi) is 4.69. The number of hydrogen-bond donors (Lipinski definition) is 2. The van der Waals surface area contributed by atoms with E-state index >= 15 is 0 Å². The lowest BCUT2D eigenvalue weighted by atomic mass is 10.3. The molecule has 1 fully saturated rings. The highest BCUT2D eigenvalue weighted by atomic mass is 32.2. The molecule has 2 N–H and O–H groups in total. The number of quaternary nitrogens is 2. The first-order chi connectivity index (χ1) is 7.84. The zero-order valence-corrected chi connectivity index (χ0v) is 10.9. The molecule has 2 rings (SSSR count). The van der Waals surface area contributed by atoms with Crippen LogP contribution in [0.2, 0.25) is 0 Å². The van der Waals surface area contributed by atoms with Crippen LogP contribution in [-0.2, 0) is 0 Å². The van der Waals surface area contributed by atoms with Gasteiger partial charge in [-0.1, -0.05) is 18.2 Å². The van der Waals surface area contributed by atoms with Gasteiger partial charge in [-0.05, 0) is 12.1 Å². The molecule has 0 bridgehead atoms. The molecule has 16 heavy (non-hydrogen) atoms. The van der Waals surface area contributed by atoms with Gasteiger partial charge in [0.15, 0.2) is 0 Å². The SMILES string of the molecule is C[NH+]1CC[NH+](CCSc2ccccc2)CC1. The monoisotopic (exact) mass is 238 g/mol. The quantitative estimate of drug-likeness (QED) is 0.653. The van der Waals surface area contributed by atoms with E-state index in [-0.39, 0.29) is 0 Å². The van der Waals surface area contributed by atoms with E-state index in [9.17, 15) is 0 Å². The number of rotatable bonds is 4. The van der Waals surface area contributed by atoms with Crippen LogP contribution in [0.1, 0.15) is 0 Å². The molecule has 88 valence electrons. The zero-order chi connectivity index (χ0) is 11.2. The Morgan fingerprint density at radius 3 is 2.44 bits per heavy atom. The molecule has 1 aromatic rings. The fourth-order valence-electron chi connectivity index (χ4n) is 2.11. The van der Waals surface area contributed by atoms with Gasteiger partial charge in [0, 0.05) is 10.6 Å². The molecule has 3 heteroatoms. The molecular formula is C13H22N2S+2. The Balaban J connectivity index is 1.65. The largest absolute Gasteiger partial charge is 0.328 e. The van der Waals surface area contributed by atoms with Gasteiger partial charge >= 0.3 is 0 Å². The molecule has 1 aliphatic heterocycles. The van der Waals surface area contributed by atoms with E-state index in [1.54, 1.807) is 9.80 Å².